The number of anilines is 1. The van der Waals surface area contributed by atoms with Gasteiger partial charge in [0.2, 0.25) is 0 Å². The maximum Gasteiger partial charge on any atom is 0.195 e. The number of guanidine groups is 1. The number of methoxy groups -OCH3 is 1. The number of hydrogen-bond donors (Lipinski definition) is 2. The Kier molecular flexibility index (Phi) is 6.22. The van der Waals surface area contributed by atoms with Gasteiger partial charge >= 0.3 is 0 Å². The average Bonchev–Trinajstić information content (AvgIpc) is 2.90. The molecule has 3 rings (SSSR count). The van der Waals surface area contributed by atoms with Gasteiger partial charge in [0, 0.05) is 31.8 Å². The fraction of sp³-hybridized carbons (Fsp3) is 0.316. The van der Waals surface area contributed by atoms with E-state index < -0.39 is 0 Å². The van der Waals surface area contributed by atoms with Crippen molar-refractivity contribution in [3.8, 4) is 17.2 Å². The van der Waals surface area contributed by atoms with Crippen LogP contribution < -0.4 is 24.8 Å². The summed E-state index contributed by atoms with van der Waals surface area (Å²) in [5.74, 6) is 3.01. The Morgan fingerprint density at radius 3 is 2.69 bits per heavy atom. The van der Waals surface area contributed by atoms with Gasteiger partial charge in [-0.25, -0.2) is 0 Å². The zero-order valence-electron chi connectivity index (χ0n) is 14.8. The third kappa shape index (κ3) is 4.60. The molecule has 0 atom stereocenters. The summed E-state index contributed by atoms with van der Waals surface area (Å²) >= 11 is 3.50. The number of rotatable bonds is 4. The maximum atomic E-state index is 5.73. The van der Waals surface area contributed by atoms with Gasteiger partial charge in [0.15, 0.2) is 17.5 Å². The van der Waals surface area contributed by atoms with Crippen molar-refractivity contribution in [3.63, 3.8) is 0 Å². The van der Waals surface area contributed by atoms with Gasteiger partial charge in [-0.3, -0.25) is 4.99 Å². The van der Waals surface area contributed by atoms with E-state index in [1.165, 1.54) is 0 Å². The van der Waals surface area contributed by atoms with E-state index in [1.54, 1.807) is 14.2 Å². The molecule has 1 aliphatic rings. The first-order chi connectivity index (χ1) is 12.7. The van der Waals surface area contributed by atoms with Gasteiger partial charge in [0.05, 0.1) is 24.8 Å². The van der Waals surface area contributed by atoms with Crippen molar-refractivity contribution in [1.29, 1.82) is 0 Å². The Hall–Kier alpha value is -2.41. The molecular weight excluding hydrogens is 398 g/mol. The molecule has 138 valence electrons. The largest absolute Gasteiger partial charge is 0.496 e. The molecule has 0 unspecified atom stereocenters. The molecule has 7 heteroatoms. The van der Waals surface area contributed by atoms with E-state index in [0.29, 0.717) is 25.7 Å². The monoisotopic (exact) mass is 419 g/mol. The smallest absolute Gasteiger partial charge is 0.195 e. The minimum Gasteiger partial charge on any atom is -0.496 e. The van der Waals surface area contributed by atoms with E-state index in [9.17, 15) is 0 Å². The van der Waals surface area contributed by atoms with Crippen molar-refractivity contribution in [2.75, 3.05) is 32.7 Å². The molecule has 2 N–H and O–H groups in total. The van der Waals surface area contributed by atoms with Gasteiger partial charge in [-0.1, -0.05) is 6.07 Å². The summed E-state index contributed by atoms with van der Waals surface area (Å²) in [7, 11) is 3.39. The number of hydrogen-bond acceptors (Lipinski definition) is 4. The normalized spacial score (nSPS) is 13.7. The van der Waals surface area contributed by atoms with Crippen LogP contribution >= 0.6 is 15.9 Å². The molecule has 26 heavy (non-hydrogen) atoms. The summed E-state index contributed by atoms with van der Waals surface area (Å²) in [6.07, 6.45) is 0.887. The lowest BCUT2D eigenvalue weighted by Crippen LogP contribution is -2.30. The highest BCUT2D eigenvalue weighted by atomic mass is 79.9. The SMILES string of the molecule is CN=C(NCc1ccc(OC)c(Br)c1)Nc1ccc2c(c1)OCCCO2. The highest BCUT2D eigenvalue weighted by Gasteiger charge is 2.11. The maximum absolute atomic E-state index is 5.73. The standard InChI is InChI=1S/C19H22BrN3O3/c1-21-19(22-12-13-4-6-16(24-2)15(20)10-13)23-14-5-7-17-18(11-14)26-9-3-8-25-17/h4-7,10-11H,3,8-9,12H2,1-2H3,(H2,21,22,23). The van der Waals surface area contributed by atoms with Crippen LogP contribution in [0.25, 0.3) is 0 Å². The summed E-state index contributed by atoms with van der Waals surface area (Å²) in [5, 5.41) is 6.57. The molecule has 2 aromatic carbocycles. The summed E-state index contributed by atoms with van der Waals surface area (Å²) in [4.78, 5) is 4.27. The number of ether oxygens (including phenoxy) is 3. The molecular formula is C19H22BrN3O3. The molecule has 0 radical (unpaired) electrons. The minimum absolute atomic E-state index is 0.632. The summed E-state index contributed by atoms with van der Waals surface area (Å²) < 4.78 is 17.6. The predicted octanol–water partition coefficient (Wildman–Crippen LogP) is 3.81. The van der Waals surface area contributed by atoms with E-state index >= 15 is 0 Å². The molecule has 0 saturated carbocycles. The van der Waals surface area contributed by atoms with Crippen LogP contribution in [0.1, 0.15) is 12.0 Å². The molecule has 0 aliphatic carbocycles. The van der Waals surface area contributed by atoms with Crippen LogP contribution in [0.5, 0.6) is 17.2 Å². The van der Waals surface area contributed by atoms with Crippen molar-refractivity contribution in [2.24, 2.45) is 4.99 Å². The first-order valence-corrected chi connectivity index (χ1v) is 9.18. The molecule has 1 aliphatic heterocycles. The average molecular weight is 420 g/mol. The quantitative estimate of drug-likeness (QED) is 0.582. The van der Waals surface area contributed by atoms with E-state index in [2.05, 4.69) is 31.6 Å². The molecule has 6 nitrogen and oxygen atoms in total. The van der Waals surface area contributed by atoms with E-state index in [0.717, 1.165) is 39.4 Å². The number of aliphatic imine (C=N–C) groups is 1. The van der Waals surface area contributed by atoms with Crippen LogP contribution in [0.2, 0.25) is 0 Å². The molecule has 2 aromatic rings. The Balaban J connectivity index is 1.63. The lowest BCUT2D eigenvalue weighted by Gasteiger charge is -2.14. The van der Waals surface area contributed by atoms with Crippen LogP contribution in [0.3, 0.4) is 0 Å². The number of benzene rings is 2. The summed E-state index contributed by atoms with van der Waals surface area (Å²) in [6, 6.07) is 11.8. The van der Waals surface area contributed by atoms with Crippen LogP contribution in [-0.2, 0) is 6.54 Å². The summed E-state index contributed by atoms with van der Waals surface area (Å²) in [6.45, 7) is 1.98. The van der Waals surface area contributed by atoms with Crippen LogP contribution in [0, 0.1) is 0 Å². The van der Waals surface area contributed by atoms with Gasteiger partial charge in [-0.15, -0.1) is 0 Å². The first-order valence-electron chi connectivity index (χ1n) is 8.39. The van der Waals surface area contributed by atoms with Gasteiger partial charge < -0.3 is 24.8 Å². The zero-order chi connectivity index (χ0) is 18.4. The number of fused-ring (bicyclic) bond motifs is 1. The topological polar surface area (TPSA) is 64.1 Å². The fourth-order valence-electron chi connectivity index (χ4n) is 2.56. The third-order valence-corrected chi connectivity index (χ3v) is 4.53. The second-order valence-electron chi connectivity index (χ2n) is 5.73. The number of halogens is 1. The molecule has 0 bridgehead atoms. The highest BCUT2D eigenvalue weighted by molar-refractivity contribution is 9.10. The van der Waals surface area contributed by atoms with Crippen LogP contribution in [-0.4, -0.2) is 33.3 Å². The molecule has 0 amide bonds. The van der Waals surface area contributed by atoms with Crippen molar-refractivity contribution in [1.82, 2.24) is 5.32 Å². The Bertz CT molecular complexity index is 796. The van der Waals surface area contributed by atoms with Crippen molar-refractivity contribution in [2.45, 2.75) is 13.0 Å². The molecule has 0 spiro atoms. The number of nitrogens with one attached hydrogen (secondary N) is 2. The minimum atomic E-state index is 0.632. The molecule has 0 aromatic heterocycles. The van der Waals surface area contributed by atoms with Crippen LogP contribution in [0.15, 0.2) is 45.9 Å². The second kappa shape index (κ2) is 8.80. The van der Waals surface area contributed by atoms with Crippen LogP contribution in [0.4, 0.5) is 5.69 Å². The lowest BCUT2D eigenvalue weighted by atomic mass is 10.2. The molecule has 0 fully saturated rings. The lowest BCUT2D eigenvalue weighted by molar-refractivity contribution is 0.297. The predicted molar refractivity (Wildman–Crippen MR) is 107 cm³/mol. The van der Waals surface area contributed by atoms with Gasteiger partial charge in [0.1, 0.15) is 5.75 Å². The van der Waals surface area contributed by atoms with E-state index in [4.69, 9.17) is 14.2 Å². The van der Waals surface area contributed by atoms with Crippen molar-refractivity contribution in [3.05, 3.63) is 46.4 Å². The number of nitrogens with zero attached hydrogens (tertiary/aromatic N) is 1. The van der Waals surface area contributed by atoms with Crippen molar-refractivity contribution < 1.29 is 14.2 Å². The highest BCUT2D eigenvalue weighted by Crippen LogP contribution is 2.32. The van der Waals surface area contributed by atoms with Gasteiger partial charge in [-0.2, -0.15) is 0 Å². The van der Waals surface area contributed by atoms with Gasteiger partial charge in [0.25, 0.3) is 0 Å². The van der Waals surface area contributed by atoms with Gasteiger partial charge in [-0.05, 0) is 45.8 Å². The van der Waals surface area contributed by atoms with E-state index in [-0.39, 0.29) is 0 Å². The Labute approximate surface area is 161 Å². The zero-order valence-corrected chi connectivity index (χ0v) is 16.4. The van der Waals surface area contributed by atoms with E-state index in [1.807, 2.05) is 36.4 Å². The molecule has 1 heterocycles. The Morgan fingerprint density at radius 2 is 1.96 bits per heavy atom. The fourth-order valence-corrected chi connectivity index (χ4v) is 3.15. The second-order valence-corrected chi connectivity index (χ2v) is 6.59. The first kappa shape index (κ1) is 18.4. The van der Waals surface area contributed by atoms with Crippen molar-refractivity contribution >= 4 is 27.6 Å². The molecule has 0 saturated heterocycles. The summed E-state index contributed by atoms with van der Waals surface area (Å²) in [5.41, 5.74) is 2.00. The third-order valence-electron chi connectivity index (χ3n) is 3.91. The Morgan fingerprint density at radius 1 is 1.15 bits per heavy atom.